The number of benzene rings is 1. The summed E-state index contributed by atoms with van der Waals surface area (Å²) < 4.78 is 0. The van der Waals surface area contributed by atoms with Gasteiger partial charge in [-0.25, -0.2) is 0 Å². The predicted molar refractivity (Wildman–Crippen MR) is 73.6 cm³/mol. The topological polar surface area (TPSA) is 66.4 Å². The fraction of sp³-hybridized carbons (Fsp3) is 0.385. The van der Waals surface area contributed by atoms with Crippen molar-refractivity contribution in [1.29, 1.82) is 0 Å². The number of carbonyl (C=O) groups is 2. The fourth-order valence-electron chi connectivity index (χ4n) is 2.29. The van der Waals surface area contributed by atoms with Gasteiger partial charge in [-0.3, -0.25) is 9.59 Å². The van der Waals surface area contributed by atoms with Crippen LogP contribution in [0.1, 0.15) is 19.8 Å². The van der Waals surface area contributed by atoms with Crippen molar-refractivity contribution >= 4 is 40.8 Å². The van der Waals surface area contributed by atoms with Gasteiger partial charge in [-0.1, -0.05) is 23.2 Å². The minimum absolute atomic E-state index is 0.315. The van der Waals surface area contributed by atoms with E-state index in [4.69, 9.17) is 28.3 Å². The SMILES string of the molecule is CC1(C(=O)Nc2cc(Cl)cc(Cl)c2)CCC1C(=O)O. The van der Waals surface area contributed by atoms with Gasteiger partial charge >= 0.3 is 5.97 Å². The number of carbonyl (C=O) groups excluding carboxylic acids is 1. The molecular weight excluding hydrogens is 289 g/mol. The van der Waals surface area contributed by atoms with E-state index in [1.165, 1.54) is 0 Å². The molecule has 0 heterocycles. The zero-order valence-corrected chi connectivity index (χ0v) is 11.8. The monoisotopic (exact) mass is 301 g/mol. The molecule has 1 amide bonds. The van der Waals surface area contributed by atoms with Crippen LogP contribution in [0.5, 0.6) is 0 Å². The van der Waals surface area contributed by atoms with E-state index in [-0.39, 0.29) is 5.91 Å². The van der Waals surface area contributed by atoms with E-state index in [1.807, 2.05) is 0 Å². The summed E-state index contributed by atoms with van der Waals surface area (Å²) in [6.07, 6.45) is 1.08. The number of halogens is 2. The molecule has 0 bridgehead atoms. The van der Waals surface area contributed by atoms with Crippen LogP contribution in [0.15, 0.2) is 18.2 Å². The van der Waals surface area contributed by atoms with Crippen LogP contribution in [0.2, 0.25) is 10.0 Å². The number of anilines is 1. The first-order valence-electron chi connectivity index (χ1n) is 5.83. The fourth-order valence-corrected chi connectivity index (χ4v) is 2.82. The molecule has 4 nitrogen and oxygen atoms in total. The quantitative estimate of drug-likeness (QED) is 0.899. The van der Waals surface area contributed by atoms with E-state index in [0.29, 0.717) is 28.6 Å². The second-order valence-corrected chi connectivity index (χ2v) is 5.83. The van der Waals surface area contributed by atoms with Crippen LogP contribution in [0.3, 0.4) is 0 Å². The van der Waals surface area contributed by atoms with E-state index in [1.54, 1.807) is 25.1 Å². The smallest absolute Gasteiger partial charge is 0.307 e. The zero-order valence-electron chi connectivity index (χ0n) is 10.2. The third kappa shape index (κ3) is 2.69. The molecule has 0 aromatic heterocycles. The largest absolute Gasteiger partial charge is 0.481 e. The Kier molecular flexibility index (Phi) is 3.74. The van der Waals surface area contributed by atoms with Crippen molar-refractivity contribution in [3.63, 3.8) is 0 Å². The second-order valence-electron chi connectivity index (χ2n) is 4.96. The third-order valence-corrected chi connectivity index (χ3v) is 4.10. The summed E-state index contributed by atoms with van der Waals surface area (Å²) in [6, 6.07) is 4.70. The van der Waals surface area contributed by atoms with Gasteiger partial charge in [-0.2, -0.15) is 0 Å². The molecule has 1 saturated carbocycles. The zero-order chi connectivity index (χ0) is 14.2. The Hall–Kier alpha value is -1.26. The highest BCUT2D eigenvalue weighted by Crippen LogP contribution is 2.47. The maximum absolute atomic E-state index is 12.2. The van der Waals surface area contributed by atoms with Crippen molar-refractivity contribution in [2.24, 2.45) is 11.3 Å². The summed E-state index contributed by atoms with van der Waals surface area (Å²) in [5.74, 6) is -1.89. The molecule has 19 heavy (non-hydrogen) atoms. The molecule has 1 aliphatic rings. The summed E-state index contributed by atoms with van der Waals surface area (Å²) in [6.45, 7) is 1.66. The van der Waals surface area contributed by atoms with Crippen LogP contribution in [-0.2, 0) is 9.59 Å². The molecule has 0 spiro atoms. The number of nitrogens with one attached hydrogen (secondary N) is 1. The Morgan fingerprint density at radius 2 is 1.89 bits per heavy atom. The number of hydrogen-bond acceptors (Lipinski definition) is 2. The molecule has 6 heteroatoms. The highest BCUT2D eigenvalue weighted by Gasteiger charge is 2.52. The van der Waals surface area contributed by atoms with Crippen molar-refractivity contribution < 1.29 is 14.7 Å². The van der Waals surface area contributed by atoms with Gasteiger partial charge in [0.15, 0.2) is 0 Å². The molecule has 1 aromatic carbocycles. The number of carboxylic acid groups (broad SMARTS) is 1. The molecule has 0 aliphatic heterocycles. The molecule has 2 rings (SSSR count). The van der Waals surface area contributed by atoms with Crippen LogP contribution in [0.25, 0.3) is 0 Å². The lowest BCUT2D eigenvalue weighted by molar-refractivity contribution is -0.159. The van der Waals surface area contributed by atoms with Gasteiger partial charge in [-0.15, -0.1) is 0 Å². The van der Waals surface area contributed by atoms with Gasteiger partial charge < -0.3 is 10.4 Å². The minimum atomic E-state index is -0.937. The van der Waals surface area contributed by atoms with Crippen molar-refractivity contribution in [3.8, 4) is 0 Å². The van der Waals surface area contributed by atoms with Crippen LogP contribution in [0.4, 0.5) is 5.69 Å². The summed E-state index contributed by atoms with van der Waals surface area (Å²) in [5.41, 5.74) is -0.402. The molecule has 2 unspecified atom stereocenters. The third-order valence-electron chi connectivity index (χ3n) is 3.66. The van der Waals surface area contributed by atoms with Crippen molar-refractivity contribution in [3.05, 3.63) is 28.2 Å². The van der Waals surface area contributed by atoms with E-state index in [2.05, 4.69) is 5.32 Å². The summed E-state index contributed by atoms with van der Waals surface area (Å²) in [5, 5.41) is 12.6. The molecule has 0 radical (unpaired) electrons. The Morgan fingerprint density at radius 3 is 2.32 bits per heavy atom. The van der Waals surface area contributed by atoms with E-state index >= 15 is 0 Å². The first kappa shape index (κ1) is 14.2. The molecule has 1 aliphatic carbocycles. The number of aliphatic carboxylic acids is 1. The highest BCUT2D eigenvalue weighted by atomic mass is 35.5. The maximum atomic E-state index is 12.2. The van der Waals surface area contributed by atoms with Crippen LogP contribution in [0, 0.1) is 11.3 Å². The molecule has 102 valence electrons. The number of rotatable bonds is 3. The first-order chi connectivity index (χ1) is 8.83. The second kappa shape index (κ2) is 5.02. The van der Waals surface area contributed by atoms with Crippen LogP contribution in [-0.4, -0.2) is 17.0 Å². The lowest BCUT2D eigenvalue weighted by Crippen LogP contribution is -2.50. The number of carboxylic acids is 1. The molecule has 1 aromatic rings. The van der Waals surface area contributed by atoms with Gasteiger partial charge in [0.05, 0.1) is 11.3 Å². The summed E-state index contributed by atoms with van der Waals surface area (Å²) in [4.78, 5) is 23.2. The highest BCUT2D eigenvalue weighted by molar-refractivity contribution is 6.35. The Balaban J connectivity index is 2.15. The summed E-state index contributed by atoms with van der Waals surface area (Å²) in [7, 11) is 0. The average Bonchev–Trinajstić information content (AvgIpc) is 2.23. The number of amides is 1. The van der Waals surface area contributed by atoms with Gasteiger partial charge in [0.2, 0.25) is 5.91 Å². The summed E-state index contributed by atoms with van der Waals surface area (Å²) >= 11 is 11.7. The van der Waals surface area contributed by atoms with E-state index in [0.717, 1.165) is 0 Å². The average molecular weight is 302 g/mol. The predicted octanol–water partition coefficient (Wildman–Crippen LogP) is 3.43. The number of hydrogen-bond donors (Lipinski definition) is 2. The van der Waals surface area contributed by atoms with Gasteiger partial charge in [0.25, 0.3) is 0 Å². The molecule has 1 fully saturated rings. The van der Waals surface area contributed by atoms with E-state index in [9.17, 15) is 9.59 Å². The van der Waals surface area contributed by atoms with Crippen molar-refractivity contribution in [1.82, 2.24) is 0 Å². The standard InChI is InChI=1S/C13H13Cl2NO3/c1-13(3-2-10(13)11(17)18)12(19)16-9-5-7(14)4-8(15)6-9/h4-6,10H,2-3H2,1H3,(H,16,19)(H,17,18). The molecule has 2 atom stereocenters. The first-order valence-corrected chi connectivity index (χ1v) is 6.59. The Bertz CT molecular complexity index is 526. The minimum Gasteiger partial charge on any atom is -0.481 e. The molecule has 2 N–H and O–H groups in total. The Morgan fingerprint density at radius 1 is 1.32 bits per heavy atom. The normalized spacial score (nSPS) is 25.5. The van der Waals surface area contributed by atoms with Crippen molar-refractivity contribution in [2.75, 3.05) is 5.32 Å². The van der Waals surface area contributed by atoms with E-state index < -0.39 is 17.3 Å². The van der Waals surface area contributed by atoms with Gasteiger partial charge in [0.1, 0.15) is 0 Å². The molecule has 0 saturated heterocycles. The molecular formula is C13H13Cl2NO3. The Labute approximate surface area is 120 Å². The van der Waals surface area contributed by atoms with Crippen LogP contribution < -0.4 is 5.32 Å². The van der Waals surface area contributed by atoms with Gasteiger partial charge in [-0.05, 0) is 38.0 Å². The van der Waals surface area contributed by atoms with Crippen LogP contribution >= 0.6 is 23.2 Å². The lowest BCUT2D eigenvalue weighted by atomic mass is 9.60. The van der Waals surface area contributed by atoms with Gasteiger partial charge in [0, 0.05) is 15.7 Å². The van der Waals surface area contributed by atoms with Crippen molar-refractivity contribution in [2.45, 2.75) is 19.8 Å². The lowest BCUT2D eigenvalue weighted by Gasteiger charge is -2.42. The maximum Gasteiger partial charge on any atom is 0.307 e.